The van der Waals surface area contributed by atoms with E-state index in [9.17, 15) is 13.6 Å². The number of rotatable bonds is 7. The second-order valence-electron chi connectivity index (χ2n) is 5.17. The minimum Gasteiger partial charge on any atom is -0.383 e. The Labute approximate surface area is 127 Å². The average Bonchev–Trinajstić information content (AvgIpc) is 3.23. The van der Waals surface area contributed by atoms with Crippen LogP contribution in [0.4, 0.5) is 8.78 Å². The van der Waals surface area contributed by atoms with Crippen LogP contribution in [0.15, 0.2) is 24.3 Å². The minimum atomic E-state index is -2.53. The van der Waals surface area contributed by atoms with Crippen molar-refractivity contribution in [3.05, 3.63) is 34.9 Å². The summed E-state index contributed by atoms with van der Waals surface area (Å²) in [6.07, 6.45) is -1.83. The van der Waals surface area contributed by atoms with Crippen LogP contribution in [0, 0.1) is 5.92 Å². The first-order chi connectivity index (χ1) is 10.0. The molecule has 0 bridgehead atoms. The first kappa shape index (κ1) is 16.2. The molecule has 0 N–H and O–H groups in total. The highest BCUT2D eigenvalue weighted by Gasteiger charge is 2.45. The van der Waals surface area contributed by atoms with Gasteiger partial charge < -0.3 is 9.64 Å². The summed E-state index contributed by atoms with van der Waals surface area (Å²) in [6.45, 7) is -0.0770. The molecule has 6 heteroatoms. The lowest BCUT2D eigenvalue weighted by Gasteiger charge is -2.22. The van der Waals surface area contributed by atoms with Crippen LogP contribution < -0.4 is 0 Å². The van der Waals surface area contributed by atoms with Gasteiger partial charge in [-0.3, -0.25) is 4.79 Å². The van der Waals surface area contributed by atoms with E-state index >= 15 is 0 Å². The Morgan fingerprint density at radius 1 is 1.43 bits per heavy atom. The third-order valence-electron chi connectivity index (χ3n) is 3.64. The van der Waals surface area contributed by atoms with E-state index in [-0.39, 0.29) is 30.9 Å². The predicted molar refractivity (Wildman–Crippen MR) is 76.8 cm³/mol. The molecule has 21 heavy (non-hydrogen) atoms. The number of hydrogen-bond donors (Lipinski definition) is 0. The average molecular weight is 318 g/mol. The fourth-order valence-electron chi connectivity index (χ4n) is 2.44. The number of nitrogens with zero attached hydrogens (tertiary/aromatic N) is 1. The Morgan fingerprint density at radius 2 is 2.10 bits per heavy atom. The van der Waals surface area contributed by atoms with E-state index in [1.54, 1.807) is 12.1 Å². The molecule has 1 aliphatic carbocycles. The van der Waals surface area contributed by atoms with Crippen molar-refractivity contribution in [2.24, 2.45) is 5.92 Å². The minimum absolute atomic E-state index is 0.109. The highest BCUT2D eigenvalue weighted by molar-refractivity contribution is 6.30. The maximum absolute atomic E-state index is 12.6. The van der Waals surface area contributed by atoms with Gasteiger partial charge in [0.1, 0.15) is 0 Å². The predicted octanol–water partition coefficient (Wildman–Crippen LogP) is 3.18. The molecule has 1 amide bonds. The number of halogens is 3. The van der Waals surface area contributed by atoms with E-state index < -0.39 is 13.0 Å². The first-order valence-corrected chi connectivity index (χ1v) is 7.22. The van der Waals surface area contributed by atoms with Gasteiger partial charge in [0.2, 0.25) is 5.91 Å². The van der Waals surface area contributed by atoms with Crippen molar-refractivity contribution >= 4 is 17.5 Å². The van der Waals surface area contributed by atoms with Crippen molar-refractivity contribution in [3.63, 3.8) is 0 Å². The third kappa shape index (κ3) is 4.38. The van der Waals surface area contributed by atoms with E-state index in [0.717, 1.165) is 5.56 Å². The zero-order valence-corrected chi connectivity index (χ0v) is 12.5. The van der Waals surface area contributed by atoms with Crippen LogP contribution in [0.3, 0.4) is 0 Å². The second-order valence-corrected chi connectivity index (χ2v) is 5.60. The van der Waals surface area contributed by atoms with Crippen LogP contribution in [-0.4, -0.2) is 44.0 Å². The monoisotopic (exact) mass is 317 g/mol. The molecule has 0 aliphatic heterocycles. The van der Waals surface area contributed by atoms with Crippen molar-refractivity contribution in [3.8, 4) is 0 Å². The van der Waals surface area contributed by atoms with Gasteiger partial charge in [0, 0.05) is 24.6 Å². The van der Waals surface area contributed by atoms with Crippen LogP contribution in [0.2, 0.25) is 5.02 Å². The van der Waals surface area contributed by atoms with Crippen LogP contribution in [-0.2, 0) is 9.53 Å². The number of methoxy groups -OCH3 is 1. The summed E-state index contributed by atoms with van der Waals surface area (Å²) in [7, 11) is 1.48. The summed E-state index contributed by atoms with van der Waals surface area (Å²) in [5.74, 6) is -0.313. The van der Waals surface area contributed by atoms with Gasteiger partial charge in [-0.25, -0.2) is 8.78 Å². The summed E-state index contributed by atoms with van der Waals surface area (Å²) in [6, 6.07) is 7.32. The number of hydrogen-bond acceptors (Lipinski definition) is 2. The Bertz CT molecular complexity index is 481. The Kier molecular flexibility index (Phi) is 5.53. The molecule has 1 saturated carbocycles. The van der Waals surface area contributed by atoms with Crippen LogP contribution >= 0.6 is 11.6 Å². The lowest BCUT2D eigenvalue weighted by Crippen LogP contribution is -2.38. The molecular weight excluding hydrogens is 300 g/mol. The van der Waals surface area contributed by atoms with Crippen molar-refractivity contribution in [2.45, 2.75) is 18.8 Å². The fourth-order valence-corrected chi connectivity index (χ4v) is 2.57. The molecule has 1 aromatic rings. The van der Waals surface area contributed by atoms with Crippen LogP contribution in [0.5, 0.6) is 0 Å². The number of amides is 1. The summed E-state index contributed by atoms with van der Waals surface area (Å²) >= 11 is 5.83. The van der Waals surface area contributed by atoms with Gasteiger partial charge in [0.05, 0.1) is 13.2 Å². The smallest absolute Gasteiger partial charge is 0.255 e. The highest BCUT2D eigenvalue weighted by Crippen LogP contribution is 2.48. The second kappa shape index (κ2) is 7.18. The molecule has 2 rings (SSSR count). The first-order valence-electron chi connectivity index (χ1n) is 6.84. The SMILES string of the molecule is COCCN(CC(F)F)C(=O)C1CC1c1ccc(Cl)cc1. The molecule has 1 fully saturated rings. The number of benzene rings is 1. The molecule has 0 radical (unpaired) electrons. The molecular formula is C15H18ClF2NO2. The summed E-state index contributed by atoms with van der Waals surface area (Å²) < 4.78 is 30.0. The van der Waals surface area contributed by atoms with Crippen LogP contribution in [0.25, 0.3) is 0 Å². The Hall–Kier alpha value is -1.20. The third-order valence-corrected chi connectivity index (χ3v) is 3.89. The molecule has 116 valence electrons. The normalized spacial score (nSPS) is 20.6. The topological polar surface area (TPSA) is 29.5 Å². The summed E-state index contributed by atoms with van der Waals surface area (Å²) in [5, 5.41) is 0.640. The summed E-state index contributed by atoms with van der Waals surface area (Å²) in [4.78, 5) is 13.5. The van der Waals surface area contributed by atoms with Gasteiger partial charge >= 0.3 is 0 Å². The van der Waals surface area contributed by atoms with E-state index in [2.05, 4.69) is 0 Å². The Balaban J connectivity index is 1.97. The molecule has 1 aliphatic rings. The van der Waals surface area contributed by atoms with Gasteiger partial charge in [0.15, 0.2) is 0 Å². The quantitative estimate of drug-likeness (QED) is 0.773. The number of alkyl halides is 2. The lowest BCUT2D eigenvalue weighted by atomic mass is 10.1. The zero-order chi connectivity index (χ0) is 15.4. The molecule has 1 aromatic carbocycles. The lowest BCUT2D eigenvalue weighted by molar-refractivity contribution is -0.135. The highest BCUT2D eigenvalue weighted by atomic mass is 35.5. The van der Waals surface area contributed by atoms with Gasteiger partial charge in [-0.2, -0.15) is 0 Å². The van der Waals surface area contributed by atoms with Crippen LogP contribution in [0.1, 0.15) is 17.9 Å². The van der Waals surface area contributed by atoms with Gasteiger partial charge in [-0.15, -0.1) is 0 Å². The van der Waals surface area contributed by atoms with Gasteiger partial charge in [0.25, 0.3) is 6.43 Å². The van der Waals surface area contributed by atoms with Gasteiger partial charge in [-0.1, -0.05) is 23.7 Å². The number of carbonyl (C=O) groups is 1. The molecule has 0 heterocycles. The van der Waals surface area contributed by atoms with Crippen molar-refractivity contribution in [1.82, 2.24) is 4.90 Å². The van der Waals surface area contributed by atoms with E-state index in [1.807, 2.05) is 12.1 Å². The fraction of sp³-hybridized carbons (Fsp3) is 0.533. The maximum atomic E-state index is 12.6. The molecule has 0 saturated heterocycles. The van der Waals surface area contributed by atoms with E-state index in [4.69, 9.17) is 16.3 Å². The number of ether oxygens (including phenoxy) is 1. The zero-order valence-electron chi connectivity index (χ0n) is 11.8. The van der Waals surface area contributed by atoms with E-state index in [0.29, 0.717) is 11.4 Å². The molecule has 2 unspecified atom stereocenters. The van der Waals surface area contributed by atoms with Crippen molar-refractivity contribution in [1.29, 1.82) is 0 Å². The number of carbonyl (C=O) groups excluding carboxylic acids is 1. The summed E-state index contributed by atoms with van der Waals surface area (Å²) in [5.41, 5.74) is 1.03. The van der Waals surface area contributed by atoms with E-state index in [1.165, 1.54) is 12.0 Å². The largest absolute Gasteiger partial charge is 0.383 e. The molecule has 0 spiro atoms. The van der Waals surface area contributed by atoms with Crippen molar-refractivity contribution in [2.75, 3.05) is 26.8 Å². The Morgan fingerprint density at radius 3 is 2.67 bits per heavy atom. The molecule has 0 aromatic heterocycles. The molecule has 2 atom stereocenters. The van der Waals surface area contributed by atoms with Crippen molar-refractivity contribution < 1.29 is 18.3 Å². The maximum Gasteiger partial charge on any atom is 0.255 e. The standard InChI is InChI=1S/C15H18ClF2NO2/c1-21-7-6-19(9-14(17)18)15(20)13-8-12(13)10-2-4-11(16)5-3-10/h2-5,12-14H,6-9H2,1H3. The molecule has 3 nitrogen and oxygen atoms in total. The van der Waals surface area contributed by atoms with Gasteiger partial charge in [-0.05, 0) is 30.0 Å².